The van der Waals surface area contributed by atoms with Crippen LogP contribution >= 0.6 is 22.7 Å². The van der Waals surface area contributed by atoms with Crippen molar-refractivity contribution in [2.75, 3.05) is 19.6 Å². The number of aromatic nitrogens is 2. The molecule has 0 aliphatic carbocycles. The molecule has 3 aromatic heterocycles. The van der Waals surface area contributed by atoms with Crippen molar-refractivity contribution >= 4 is 43.9 Å². The molecule has 120 valence electrons. The first-order valence-electron chi connectivity index (χ1n) is 8.11. The number of nitrogens with zero attached hydrogens (tertiary/aromatic N) is 4. The average Bonchev–Trinajstić information content (AvgIpc) is 3.25. The lowest BCUT2D eigenvalue weighted by molar-refractivity contribution is 0.0400. The van der Waals surface area contributed by atoms with Gasteiger partial charge < -0.3 is 4.90 Å². The summed E-state index contributed by atoms with van der Waals surface area (Å²) in [5, 5.41) is 2.03. The molecular weight excluding hydrogens is 328 g/mol. The van der Waals surface area contributed by atoms with Crippen LogP contribution in [0.25, 0.3) is 15.3 Å². The van der Waals surface area contributed by atoms with E-state index in [1.807, 2.05) is 17.6 Å². The second-order valence-corrected chi connectivity index (χ2v) is 8.47. The number of piperazine rings is 1. The molecule has 23 heavy (non-hydrogen) atoms. The average molecular weight is 346 g/mol. The first-order valence-corrected chi connectivity index (χ1v) is 9.80. The molecule has 0 bridgehead atoms. The summed E-state index contributed by atoms with van der Waals surface area (Å²) in [6, 6.07) is 2.86. The van der Waals surface area contributed by atoms with Crippen LogP contribution in [0.5, 0.6) is 0 Å². The van der Waals surface area contributed by atoms with Gasteiger partial charge in [-0.05, 0) is 32.4 Å². The summed E-state index contributed by atoms with van der Waals surface area (Å²) in [5.74, 6) is 0.177. The summed E-state index contributed by atoms with van der Waals surface area (Å²) in [4.78, 5) is 25.0. The molecule has 5 heterocycles. The van der Waals surface area contributed by atoms with Crippen molar-refractivity contribution in [3.63, 3.8) is 0 Å². The standard InChI is InChI=1S/C16H18N4OS2/c1-10-8-18-4-2-3-11(18)9-20(10)15(21)13-7-12-14(23-13)17-16-19(12)5-6-22-16/h5-7,10-11H,2-4,8-9H2,1H3/t10-,11+/m1/s1. The maximum Gasteiger partial charge on any atom is 0.264 e. The molecule has 2 saturated heterocycles. The highest BCUT2D eigenvalue weighted by Crippen LogP contribution is 2.31. The van der Waals surface area contributed by atoms with Gasteiger partial charge in [0.25, 0.3) is 5.91 Å². The molecular formula is C16H18N4OS2. The fraction of sp³-hybridized carbons (Fsp3) is 0.500. The van der Waals surface area contributed by atoms with E-state index in [-0.39, 0.29) is 11.9 Å². The minimum atomic E-state index is 0.177. The van der Waals surface area contributed by atoms with E-state index in [9.17, 15) is 4.79 Å². The lowest BCUT2D eigenvalue weighted by Gasteiger charge is -2.42. The molecule has 2 aliphatic heterocycles. The molecule has 0 radical (unpaired) electrons. The van der Waals surface area contributed by atoms with E-state index in [4.69, 9.17) is 0 Å². The second kappa shape index (κ2) is 5.03. The monoisotopic (exact) mass is 346 g/mol. The Morgan fingerprint density at radius 3 is 3.22 bits per heavy atom. The predicted octanol–water partition coefficient (Wildman–Crippen LogP) is 2.92. The van der Waals surface area contributed by atoms with Crippen molar-refractivity contribution in [2.24, 2.45) is 0 Å². The summed E-state index contributed by atoms with van der Waals surface area (Å²) < 4.78 is 2.08. The zero-order valence-electron chi connectivity index (χ0n) is 12.9. The van der Waals surface area contributed by atoms with E-state index in [0.29, 0.717) is 6.04 Å². The molecule has 0 saturated carbocycles. The molecule has 7 heteroatoms. The topological polar surface area (TPSA) is 40.8 Å². The molecule has 0 aromatic carbocycles. The van der Waals surface area contributed by atoms with Gasteiger partial charge in [0.1, 0.15) is 4.83 Å². The Bertz CT molecular complexity index is 894. The number of thiophene rings is 1. The van der Waals surface area contributed by atoms with Crippen LogP contribution in [0.2, 0.25) is 0 Å². The number of imidazole rings is 1. The molecule has 3 aromatic rings. The van der Waals surface area contributed by atoms with Crippen molar-refractivity contribution in [3.8, 4) is 0 Å². The Morgan fingerprint density at radius 1 is 1.39 bits per heavy atom. The largest absolute Gasteiger partial charge is 0.332 e. The Balaban J connectivity index is 1.48. The van der Waals surface area contributed by atoms with Gasteiger partial charge in [-0.25, -0.2) is 4.98 Å². The fourth-order valence-corrected chi connectivity index (χ4v) is 5.72. The molecule has 2 atom stereocenters. The smallest absolute Gasteiger partial charge is 0.264 e. The second-order valence-electron chi connectivity index (χ2n) is 6.57. The number of hydrogen-bond donors (Lipinski definition) is 0. The third-order valence-corrected chi connectivity index (χ3v) is 6.91. The number of thiazole rings is 1. The quantitative estimate of drug-likeness (QED) is 0.680. The summed E-state index contributed by atoms with van der Waals surface area (Å²) in [6.45, 7) is 5.25. The van der Waals surface area contributed by atoms with E-state index >= 15 is 0 Å². The number of rotatable bonds is 1. The van der Waals surface area contributed by atoms with Crippen LogP contribution in [-0.4, -0.2) is 56.8 Å². The van der Waals surface area contributed by atoms with Crippen LogP contribution in [0.1, 0.15) is 29.4 Å². The highest BCUT2D eigenvalue weighted by atomic mass is 32.1. The highest BCUT2D eigenvalue weighted by Gasteiger charge is 2.37. The number of fused-ring (bicyclic) bond motifs is 4. The van der Waals surface area contributed by atoms with Gasteiger partial charge in [-0.2, -0.15) is 0 Å². The van der Waals surface area contributed by atoms with E-state index in [1.54, 1.807) is 11.3 Å². The van der Waals surface area contributed by atoms with E-state index in [1.165, 1.54) is 30.7 Å². The van der Waals surface area contributed by atoms with Crippen LogP contribution in [0.4, 0.5) is 0 Å². The van der Waals surface area contributed by atoms with Crippen LogP contribution in [0, 0.1) is 0 Å². The van der Waals surface area contributed by atoms with Crippen LogP contribution < -0.4 is 0 Å². The van der Waals surface area contributed by atoms with Gasteiger partial charge in [0.15, 0.2) is 4.96 Å². The molecule has 0 spiro atoms. The van der Waals surface area contributed by atoms with E-state index in [2.05, 4.69) is 26.1 Å². The Hall–Kier alpha value is -1.44. The number of amides is 1. The van der Waals surface area contributed by atoms with E-state index in [0.717, 1.165) is 33.3 Å². The highest BCUT2D eigenvalue weighted by molar-refractivity contribution is 7.21. The van der Waals surface area contributed by atoms with Gasteiger partial charge >= 0.3 is 0 Å². The van der Waals surface area contributed by atoms with Gasteiger partial charge in [0.05, 0.1) is 10.4 Å². The molecule has 2 aliphatic rings. The first kappa shape index (κ1) is 13.9. The third-order valence-electron chi connectivity index (χ3n) is 5.15. The zero-order chi connectivity index (χ0) is 15.6. The summed E-state index contributed by atoms with van der Waals surface area (Å²) in [7, 11) is 0. The van der Waals surface area contributed by atoms with Gasteiger partial charge in [-0.1, -0.05) is 0 Å². The molecule has 5 nitrogen and oxygen atoms in total. The van der Waals surface area contributed by atoms with Crippen LogP contribution in [-0.2, 0) is 0 Å². The number of hydrogen-bond acceptors (Lipinski definition) is 5. The third kappa shape index (κ3) is 2.07. The van der Waals surface area contributed by atoms with Crippen molar-refractivity contribution in [3.05, 3.63) is 22.5 Å². The van der Waals surface area contributed by atoms with Crippen LogP contribution in [0.3, 0.4) is 0 Å². The SMILES string of the molecule is C[C@@H]1CN2CCC[C@H]2CN1C(=O)c1cc2c(nc3sccn32)s1. The first-order chi connectivity index (χ1) is 11.2. The minimum Gasteiger partial charge on any atom is -0.332 e. The fourth-order valence-electron chi connectivity index (χ4n) is 3.96. The lowest BCUT2D eigenvalue weighted by atomic mass is 10.1. The molecule has 2 fully saturated rings. The number of carbonyl (C=O) groups excluding carboxylic acids is 1. The summed E-state index contributed by atoms with van der Waals surface area (Å²) in [5.41, 5.74) is 1.06. The van der Waals surface area contributed by atoms with Crippen LogP contribution in [0.15, 0.2) is 17.6 Å². The molecule has 0 unspecified atom stereocenters. The van der Waals surface area contributed by atoms with E-state index < -0.39 is 0 Å². The molecule has 1 amide bonds. The van der Waals surface area contributed by atoms with Crippen molar-refractivity contribution in [2.45, 2.75) is 31.8 Å². The summed E-state index contributed by atoms with van der Waals surface area (Å²) in [6.07, 6.45) is 4.51. The number of carbonyl (C=O) groups is 1. The van der Waals surface area contributed by atoms with Crippen molar-refractivity contribution in [1.29, 1.82) is 0 Å². The van der Waals surface area contributed by atoms with Crippen molar-refractivity contribution in [1.82, 2.24) is 19.2 Å². The minimum absolute atomic E-state index is 0.177. The van der Waals surface area contributed by atoms with Gasteiger partial charge in [0, 0.05) is 36.8 Å². The maximum absolute atomic E-state index is 13.0. The van der Waals surface area contributed by atoms with Gasteiger partial charge in [-0.3, -0.25) is 14.1 Å². The maximum atomic E-state index is 13.0. The Labute approximate surface area is 142 Å². The Kier molecular flexibility index (Phi) is 3.05. The normalized spacial score (nSPS) is 25.5. The molecule has 5 rings (SSSR count). The van der Waals surface area contributed by atoms with Crippen molar-refractivity contribution < 1.29 is 4.79 Å². The van der Waals surface area contributed by atoms with Gasteiger partial charge in [-0.15, -0.1) is 22.7 Å². The Morgan fingerprint density at radius 2 is 2.30 bits per heavy atom. The predicted molar refractivity (Wildman–Crippen MR) is 93.5 cm³/mol. The lowest BCUT2D eigenvalue weighted by Crippen LogP contribution is -2.56. The zero-order valence-corrected chi connectivity index (χ0v) is 14.6. The summed E-state index contributed by atoms with van der Waals surface area (Å²) >= 11 is 3.16. The molecule has 0 N–H and O–H groups in total. The van der Waals surface area contributed by atoms with Gasteiger partial charge in [0.2, 0.25) is 0 Å².